The van der Waals surface area contributed by atoms with Gasteiger partial charge in [0.2, 0.25) is 0 Å². The first kappa shape index (κ1) is 13.5. The molecule has 3 nitrogen and oxygen atoms in total. The lowest BCUT2D eigenvalue weighted by molar-refractivity contribution is -0.195. The minimum absolute atomic E-state index is 0.107. The molecule has 7 heteroatoms. The lowest BCUT2D eigenvalue weighted by Gasteiger charge is -2.44. The van der Waals surface area contributed by atoms with E-state index in [2.05, 4.69) is 5.32 Å². The zero-order chi connectivity index (χ0) is 12.5. The van der Waals surface area contributed by atoms with Gasteiger partial charge in [0.1, 0.15) is 6.04 Å². The Labute approximate surface area is 98.6 Å². The molecule has 0 aromatic rings. The van der Waals surface area contributed by atoms with Gasteiger partial charge in [-0.25, -0.2) is 0 Å². The van der Waals surface area contributed by atoms with Gasteiger partial charge < -0.3 is 10.2 Å². The van der Waals surface area contributed by atoms with Crippen LogP contribution < -0.4 is 5.32 Å². The van der Waals surface area contributed by atoms with E-state index in [1.807, 2.05) is 0 Å². The van der Waals surface area contributed by atoms with Gasteiger partial charge >= 0.3 is 6.18 Å². The molecular weight excluding hydrogens is 239 g/mol. The average molecular weight is 255 g/mol. The van der Waals surface area contributed by atoms with Gasteiger partial charge in [-0.05, 0) is 26.2 Å². The molecule has 16 heavy (non-hydrogen) atoms. The topological polar surface area (TPSA) is 18.5 Å². The fourth-order valence-electron chi connectivity index (χ4n) is 1.83. The summed E-state index contributed by atoms with van der Waals surface area (Å²) in [6.07, 6.45) is -4.22. The normalized spacial score (nSPS) is 28.0. The van der Waals surface area contributed by atoms with Crippen LogP contribution in [0.15, 0.2) is 0 Å². The van der Waals surface area contributed by atoms with Crippen LogP contribution in [0.3, 0.4) is 0 Å². The van der Waals surface area contributed by atoms with Gasteiger partial charge in [-0.2, -0.15) is 13.2 Å². The maximum atomic E-state index is 12.8. The van der Waals surface area contributed by atoms with Crippen LogP contribution in [-0.2, 0) is 0 Å². The fraction of sp³-hybridized carbons (Fsp3) is 0.889. The molecule has 1 N–H and O–H groups in total. The largest absolute Gasteiger partial charge is 0.405 e. The van der Waals surface area contributed by atoms with Crippen molar-refractivity contribution in [3.63, 3.8) is 0 Å². The molecule has 1 saturated heterocycles. The van der Waals surface area contributed by atoms with E-state index in [1.54, 1.807) is 18.9 Å². The summed E-state index contributed by atoms with van der Waals surface area (Å²) in [5, 5.41) is 3.08. The Hall–Kier alpha value is -0.560. The molecule has 0 spiro atoms. The zero-order valence-electron chi connectivity index (χ0n) is 9.51. The fourth-order valence-corrected chi connectivity index (χ4v) is 1.97. The first-order valence-corrected chi connectivity index (χ1v) is 5.43. The monoisotopic (exact) mass is 255 g/mol. The van der Waals surface area contributed by atoms with Crippen molar-refractivity contribution < 1.29 is 13.2 Å². The molecule has 1 aliphatic rings. The van der Waals surface area contributed by atoms with Gasteiger partial charge in [0.25, 0.3) is 0 Å². The summed E-state index contributed by atoms with van der Waals surface area (Å²) in [6.45, 7) is 2.18. The Bertz CT molecular complexity index is 269. The molecule has 2 unspecified atom stereocenters. The number of alkyl halides is 3. The van der Waals surface area contributed by atoms with Crippen molar-refractivity contribution in [3.05, 3.63) is 0 Å². The number of hydrogen-bond acceptors (Lipinski definition) is 2. The van der Waals surface area contributed by atoms with Crippen molar-refractivity contribution in [2.24, 2.45) is 0 Å². The van der Waals surface area contributed by atoms with Gasteiger partial charge in [-0.15, -0.1) is 0 Å². The highest BCUT2D eigenvalue weighted by molar-refractivity contribution is 7.80. The third-order valence-electron chi connectivity index (χ3n) is 2.94. The van der Waals surface area contributed by atoms with Crippen molar-refractivity contribution in [1.29, 1.82) is 0 Å². The third-order valence-corrected chi connectivity index (χ3v) is 3.41. The lowest BCUT2D eigenvalue weighted by Crippen LogP contribution is -2.63. The molecular formula is C9H16F3N3S. The predicted octanol–water partition coefficient (Wildman–Crippen LogP) is 1.06. The molecule has 0 aromatic heterocycles. The van der Waals surface area contributed by atoms with E-state index >= 15 is 0 Å². The van der Waals surface area contributed by atoms with Crippen LogP contribution in [0.25, 0.3) is 0 Å². The van der Waals surface area contributed by atoms with E-state index in [1.165, 1.54) is 11.9 Å². The van der Waals surface area contributed by atoms with Crippen molar-refractivity contribution in [3.8, 4) is 0 Å². The first-order valence-electron chi connectivity index (χ1n) is 5.02. The molecule has 1 heterocycles. The maximum Gasteiger partial charge on any atom is 0.405 e. The van der Waals surface area contributed by atoms with Gasteiger partial charge in [0, 0.05) is 26.2 Å². The Kier molecular flexibility index (Phi) is 4.01. The number of rotatable bonds is 0. The number of halogens is 3. The molecule has 0 radical (unpaired) electrons. The van der Waals surface area contributed by atoms with Crippen LogP contribution in [0.4, 0.5) is 13.2 Å². The molecule has 1 aliphatic heterocycles. The number of likely N-dealkylation sites (N-methyl/N-ethyl adjacent to an activating group) is 1. The van der Waals surface area contributed by atoms with Gasteiger partial charge in [0.15, 0.2) is 5.11 Å². The van der Waals surface area contributed by atoms with Crippen LogP contribution in [-0.4, -0.2) is 60.4 Å². The van der Waals surface area contributed by atoms with E-state index in [-0.39, 0.29) is 12.6 Å². The lowest BCUT2D eigenvalue weighted by atomic mass is 10.1. The summed E-state index contributed by atoms with van der Waals surface area (Å²) in [6, 6.07) is -1.63. The van der Waals surface area contributed by atoms with Crippen LogP contribution >= 0.6 is 12.2 Å². The molecule has 1 rings (SSSR count). The van der Waals surface area contributed by atoms with Gasteiger partial charge in [-0.1, -0.05) is 0 Å². The van der Waals surface area contributed by atoms with E-state index in [4.69, 9.17) is 12.2 Å². The Balaban J connectivity index is 2.81. The van der Waals surface area contributed by atoms with Crippen molar-refractivity contribution in [2.45, 2.75) is 25.2 Å². The highest BCUT2D eigenvalue weighted by Crippen LogP contribution is 2.28. The van der Waals surface area contributed by atoms with Crippen LogP contribution in [0.1, 0.15) is 6.92 Å². The van der Waals surface area contributed by atoms with Crippen molar-refractivity contribution in [1.82, 2.24) is 15.1 Å². The van der Waals surface area contributed by atoms with Crippen LogP contribution in [0.5, 0.6) is 0 Å². The Morgan fingerprint density at radius 1 is 1.38 bits per heavy atom. The van der Waals surface area contributed by atoms with Crippen LogP contribution in [0.2, 0.25) is 0 Å². The molecule has 2 atom stereocenters. The highest BCUT2D eigenvalue weighted by atomic mass is 32.1. The molecule has 0 aromatic carbocycles. The molecule has 0 aliphatic carbocycles. The number of piperazine rings is 1. The molecule has 0 saturated carbocycles. The second-order valence-electron chi connectivity index (χ2n) is 4.03. The Morgan fingerprint density at radius 2 is 1.94 bits per heavy atom. The highest BCUT2D eigenvalue weighted by Gasteiger charge is 2.47. The summed E-state index contributed by atoms with van der Waals surface area (Å²) in [7, 11) is 3.12. The first-order chi connectivity index (χ1) is 7.27. The second-order valence-corrected chi connectivity index (χ2v) is 4.42. The van der Waals surface area contributed by atoms with E-state index in [0.29, 0.717) is 11.7 Å². The summed E-state index contributed by atoms with van der Waals surface area (Å²) >= 11 is 4.97. The summed E-state index contributed by atoms with van der Waals surface area (Å²) < 4.78 is 38.3. The smallest absolute Gasteiger partial charge is 0.366 e. The van der Waals surface area contributed by atoms with Crippen molar-refractivity contribution in [2.75, 3.05) is 27.2 Å². The number of thiocarbonyl (C=S) groups is 1. The standard InChI is InChI=1S/C9H16F3N3S/c1-6-4-15(8(16)13-2)5-7(14(6)3)9(10,11)12/h6-7H,4-5H2,1-3H3,(H,13,16). The minimum atomic E-state index is -4.22. The number of nitrogens with one attached hydrogen (secondary N) is 1. The zero-order valence-corrected chi connectivity index (χ0v) is 10.3. The number of hydrogen-bond donors (Lipinski definition) is 1. The van der Waals surface area contributed by atoms with Crippen molar-refractivity contribution >= 4 is 17.3 Å². The Morgan fingerprint density at radius 3 is 2.38 bits per heavy atom. The average Bonchev–Trinajstić information content (AvgIpc) is 2.18. The summed E-state index contributed by atoms with van der Waals surface area (Å²) in [5.74, 6) is 0. The summed E-state index contributed by atoms with van der Waals surface area (Å²) in [4.78, 5) is 2.92. The van der Waals surface area contributed by atoms with E-state index in [0.717, 1.165) is 0 Å². The second kappa shape index (κ2) is 4.75. The summed E-state index contributed by atoms with van der Waals surface area (Å²) in [5.41, 5.74) is 0. The number of nitrogens with zero attached hydrogens (tertiary/aromatic N) is 2. The van der Waals surface area contributed by atoms with Crippen LogP contribution in [0, 0.1) is 0 Å². The quantitative estimate of drug-likeness (QED) is 0.652. The maximum absolute atomic E-state index is 12.8. The predicted molar refractivity (Wildman–Crippen MR) is 60.3 cm³/mol. The SMILES string of the molecule is CNC(=S)N1CC(C)N(C)C(C(F)(F)F)C1. The van der Waals surface area contributed by atoms with Gasteiger partial charge in [-0.3, -0.25) is 4.90 Å². The third kappa shape index (κ3) is 2.76. The van der Waals surface area contributed by atoms with E-state index < -0.39 is 12.2 Å². The molecule has 0 bridgehead atoms. The molecule has 1 fully saturated rings. The van der Waals surface area contributed by atoms with E-state index in [9.17, 15) is 13.2 Å². The molecule has 94 valence electrons. The molecule has 0 amide bonds. The van der Waals surface area contributed by atoms with Gasteiger partial charge in [0.05, 0.1) is 0 Å². The minimum Gasteiger partial charge on any atom is -0.366 e.